The van der Waals surface area contributed by atoms with E-state index in [1.165, 1.54) is 7.11 Å². The number of carbonyl (C=O) groups excluding carboxylic acids is 2. The van der Waals surface area contributed by atoms with Gasteiger partial charge in [0.1, 0.15) is 11.9 Å². The molecule has 1 heterocycles. The highest BCUT2D eigenvalue weighted by Gasteiger charge is 2.21. The molecule has 0 spiro atoms. The van der Waals surface area contributed by atoms with Gasteiger partial charge in [-0.25, -0.2) is 0 Å². The second-order valence-corrected chi connectivity index (χ2v) is 4.99. The molecule has 108 valence electrons. The fraction of sp³-hybridized carbons (Fsp3) is 0.467. The summed E-state index contributed by atoms with van der Waals surface area (Å²) in [5.41, 5.74) is 1.50. The van der Waals surface area contributed by atoms with Gasteiger partial charge in [0.25, 0.3) is 0 Å². The minimum absolute atomic E-state index is 0.0646. The van der Waals surface area contributed by atoms with E-state index in [4.69, 9.17) is 4.74 Å². The van der Waals surface area contributed by atoms with Crippen LogP contribution in [0.1, 0.15) is 30.1 Å². The standard InChI is InChI=1S/C15H19NO4/c1-10-9-16(2)12-8-11(4-6-14(12)20-10)13(17)5-7-15(18)19-3/h4,6,8,10H,5,7,9H2,1-3H3. The molecule has 0 bridgehead atoms. The molecule has 0 radical (unpaired) electrons. The zero-order valence-electron chi connectivity index (χ0n) is 12.0. The summed E-state index contributed by atoms with van der Waals surface area (Å²) in [7, 11) is 3.29. The molecule has 0 saturated heterocycles. The molecule has 1 atom stereocenters. The van der Waals surface area contributed by atoms with E-state index in [2.05, 4.69) is 9.64 Å². The summed E-state index contributed by atoms with van der Waals surface area (Å²) in [6.45, 7) is 2.79. The summed E-state index contributed by atoms with van der Waals surface area (Å²) in [6, 6.07) is 5.37. The second-order valence-electron chi connectivity index (χ2n) is 4.99. The lowest BCUT2D eigenvalue weighted by molar-refractivity contribution is -0.140. The zero-order valence-corrected chi connectivity index (χ0v) is 12.0. The second kappa shape index (κ2) is 5.94. The summed E-state index contributed by atoms with van der Waals surface area (Å²) in [6.07, 6.45) is 0.399. The highest BCUT2D eigenvalue weighted by Crippen LogP contribution is 2.33. The highest BCUT2D eigenvalue weighted by molar-refractivity contribution is 5.98. The van der Waals surface area contributed by atoms with Gasteiger partial charge in [0.2, 0.25) is 0 Å². The fourth-order valence-electron chi connectivity index (χ4n) is 2.29. The van der Waals surface area contributed by atoms with Crippen LogP contribution in [0.4, 0.5) is 5.69 Å². The lowest BCUT2D eigenvalue weighted by Crippen LogP contribution is -2.35. The first-order valence-electron chi connectivity index (χ1n) is 6.63. The minimum atomic E-state index is -0.370. The van der Waals surface area contributed by atoms with Gasteiger partial charge in [-0.1, -0.05) is 0 Å². The first kappa shape index (κ1) is 14.4. The molecular formula is C15H19NO4. The molecule has 0 amide bonds. The van der Waals surface area contributed by atoms with Crippen LogP contribution in [-0.4, -0.2) is 38.6 Å². The Bertz CT molecular complexity index is 527. The van der Waals surface area contributed by atoms with E-state index in [-0.39, 0.29) is 30.7 Å². The van der Waals surface area contributed by atoms with E-state index in [1.54, 1.807) is 6.07 Å². The molecule has 1 unspecified atom stereocenters. The van der Waals surface area contributed by atoms with Crippen LogP contribution >= 0.6 is 0 Å². The summed E-state index contributed by atoms with van der Waals surface area (Å²) < 4.78 is 10.3. The first-order chi connectivity index (χ1) is 9.51. The number of Topliss-reactive ketones (excluding diaryl/α,β-unsaturated/α-hetero) is 1. The number of esters is 1. The van der Waals surface area contributed by atoms with Crippen molar-refractivity contribution in [2.75, 3.05) is 25.6 Å². The van der Waals surface area contributed by atoms with Crippen molar-refractivity contribution in [3.8, 4) is 5.75 Å². The van der Waals surface area contributed by atoms with Crippen molar-refractivity contribution in [3.05, 3.63) is 23.8 Å². The Balaban J connectivity index is 2.12. The number of anilines is 1. The number of carbonyl (C=O) groups is 2. The minimum Gasteiger partial charge on any atom is -0.487 e. The maximum atomic E-state index is 12.1. The van der Waals surface area contributed by atoms with E-state index in [0.717, 1.165) is 18.0 Å². The lowest BCUT2D eigenvalue weighted by atomic mass is 10.0. The molecule has 5 nitrogen and oxygen atoms in total. The van der Waals surface area contributed by atoms with E-state index in [0.29, 0.717) is 5.56 Å². The topological polar surface area (TPSA) is 55.8 Å². The van der Waals surface area contributed by atoms with Crippen molar-refractivity contribution in [2.24, 2.45) is 0 Å². The smallest absolute Gasteiger partial charge is 0.305 e. The molecule has 1 aromatic rings. The molecule has 1 aromatic carbocycles. The van der Waals surface area contributed by atoms with E-state index in [9.17, 15) is 9.59 Å². The van der Waals surface area contributed by atoms with Gasteiger partial charge in [0.05, 0.1) is 25.8 Å². The number of methoxy groups -OCH3 is 1. The third-order valence-electron chi connectivity index (χ3n) is 3.34. The van der Waals surface area contributed by atoms with E-state index in [1.807, 2.05) is 26.1 Å². The third kappa shape index (κ3) is 3.10. The number of likely N-dealkylation sites (N-methyl/N-ethyl adjacent to an activating group) is 1. The molecule has 2 rings (SSSR count). The molecule has 1 aliphatic rings. The third-order valence-corrected chi connectivity index (χ3v) is 3.34. The first-order valence-corrected chi connectivity index (χ1v) is 6.63. The van der Waals surface area contributed by atoms with Crippen molar-refractivity contribution >= 4 is 17.4 Å². The molecule has 1 aliphatic heterocycles. The summed E-state index contributed by atoms with van der Waals surface area (Å²) >= 11 is 0. The summed E-state index contributed by atoms with van der Waals surface area (Å²) in [4.78, 5) is 25.2. The van der Waals surface area contributed by atoms with Crippen molar-refractivity contribution in [1.29, 1.82) is 0 Å². The molecule has 0 aliphatic carbocycles. The number of fused-ring (bicyclic) bond motifs is 1. The average molecular weight is 277 g/mol. The van der Waals surface area contributed by atoms with Gasteiger partial charge < -0.3 is 14.4 Å². The van der Waals surface area contributed by atoms with Gasteiger partial charge in [-0.05, 0) is 25.1 Å². The Kier molecular flexibility index (Phi) is 4.27. The van der Waals surface area contributed by atoms with Crippen molar-refractivity contribution < 1.29 is 19.1 Å². The molecular weight excluding hydrogens is 258 g/mol. The number of nitrogens with zero attached hydrogens (tertiary/aromatic N) is 1. The van der Waals surface area contributed by atoms with Gasteiger partial charge in [-0.2, -0.15) is 0 Å². The van der Waals surface area contributed by atoms with E-state index >= 15 is 0 Å². The number of hydrogen-bond acceptors (Lipinski definition) is 5. The van der Waals surface area contributed by atoms with Crippen LogP contribution in [0.25, 0.3) is 0 Å². The molecule has 0 fully saturated rings. The van der Waals surface area contributed by atoms with Gasteiger partial charge in [0.15, 0.2) is 5.78 Å². The number of ketones is 1. The van der Waals surface area contributed by atoms with Crippen molar-refractivity contribution in [2.45, 2.75) is 25.9 Å². The lowest BCUT2D eigenvalue weighted by Gasteiger charge is -2.32. The van der Waals surface area contributed by atoms with Crippen molar-refractivity contribution in [3.63, 3.8) is 0 Å². The van der Waals surface area contributed by atoms with Gasteiger partial charge in [-0.3, -0.25) is 9.59 Å². The Morgan fingerprint density at radius 2 is 2.15 bits per heavy atom. The quantitative estimate of drug-likeness (QED) is 0.622. The zero-order chi connectivity index (χ0) is 14.7. The SMILES string of the molecule is COC(=O)CCC(=O)c1ccc2c(c1)N(C)CC(C)O2. The Morgan fingerprint density at radius 3 is 2.85 bits per heavy atom. The monoisotopic (exact) mass is 277 g/mol. The maximum Gasteiger partial charge on any atom is 0.305 e. The van der Waals surface area contributed by atoms with Crippen LogP contribution in [0.15, 0.2) is 18.2 Å². The van der Waals surface area contributed by atoms with Crippen LogP contribution in [0.5, 0.6) is 5.75 Å². The molecule has 0 aromatic heterocycles. The number of hydrogen-bond donors (Lipinski definition) is 0. The van der Waals surface area contributed by atoms with Gasteiger partial charge in [0, 0.05) is 19.0 Å². The Hall–Kier alpha value is -2.04. The number of benzene rings is 1. The molecule has 0 saturated carbocycles. The Labute approximate surface area is 118 Å². The Morgan fingerprint density at radius 1 is 1.40 bits per heavy atom. The summed E-state index contributed by atoms with van der Waals surface area (Å²) in [5.74, 6) is 0.353. The fourth-order valence-corrected chi connectivity index (χ4v) is 2.29. The summed E-state index contributed by atoms with van der Waals surface area (Å²) in [5, 5.41) is 0. The van der Waals surface area contributed by atoms with Crippen LogP contribution < -0.4 is 9.64 Å². The maximum absolute atomic E-state index is 12.1. The molecule has 20 heavy (non-hydrogen) atoms. The predicted octanol–water partition coefficient (Wildman–Crippen LogP) is 2.04. The predicted molar refractivity (Wildman–Crippen MR) is 75.4 cm³/mol. The van der Waals surface area contributed by atoms with Crippen LogP contribution in [0, 0.1) is 0 Å². The normalized spacial score (nSPS) is 17.1. The van der Waals surface area contributed by atoms with E-state index < -0.39 is 0 Å². The van der Waals surface area contributed by atoms with Crippen LogP contribution in [0.2, 0.25) is 0 Å². The molecule has 0 N–H and O–H groups in total. The van der Waals surface area contributed by atoms with Crippen molar-refractivity contribution in [1.82, 2.24) is 0 Å². The van der Waals surface area contributed by atoms with Gasteiger partial charge in [-0.15, -0.1) is 0 Å². The number of rotatable bonds is 4. The van der Waals surface area contributed by atoms with Crippen LogP contribution in [-0.2, 0) is 9.53 Å². The van der Waals surface area contributed by atoms with Crippen LogP contribution in [0.3, 0.4) is 0 Å². The largest absolute Gasteiger partial charge is 0.487 e. The highest BCUT2D eigenvalue weighted by atomic mass is 16.5. The van der Waals surface area contributed by atoms with Gasteiger partial charge >= 0.3 is 5.97 Å². The molecule has 5 heteroatoms. The number of ether oxygens (including phenoxy) is 2. The average Bonchev–Trinajstić information content (AvgIpc) is 2.43.